The fraction of sp³-hybridized carbons (Fsp3) is 0.161. The van der Waals surface area contributed by atoms with Gasteiger partial charge in [0.1, 0.15) is 22.1 Å². The summed E-state index contributed by atoms with van der Waals surface area (Å²) >= 11 is 1.06. The molecule has 4 rings (SSSR count). The van der Waals surface area contributed by atoms with Gasteiger partial charge in [0.05, 0.1) is 43.8 Å². The van der Waals surface area contributed by atoms with E-state index >= 15 is 0 Å². The second-order valence-corrected chi connectivity index (χ2v) is 9.87. The molecule has 4 aromatic rings. The predicted octanol–water partition coefficient (Wildman–Crippen LogP) is 5.53. The second-order valence-electron chi connectivity index (χ2n) is 8.77. The van der Waals surface area contributed by atoms with Crippen LogP contribution in [0.3, 0.4) is 0 Å². The maximum atomic E-state index is 13.9. The number of primary amides is 1. The van der Waals surface area contributed by atoms with Crippen LogP contribution in [0.15, 0.2) is 77.8 Å². The van der Waals surface area contributed by atoms with E-state index in [0.29, 0.717) is 45.3 Å². The van der Waals surface area contributed by atoms with Gasteiger partial charge in [-0.3, -0.25) is 9.59 Å². The van der Waals surface area contributed by atoms with E-state index < -0.39 is 17.1 Å². The first-order valence-electron chi connectivity index (χ1n) is 12.4. The summed E-state index contributed by atoms with van der Waals surface area (Å²) in [6.07, 6.45) is 0. The second kappa shape index (κ2) is 12.9. The largest absolute Gasteiger partial charge is 0.495 e. The lowest BCUT2D eigenvalue weighted by Crippen LogP contribution is -2.20. The topological polar surface area (TPSA) is 137 Å². The average molecular weight is 569 g/mol. The molecule has 0 bridgehead atoms. The minimum Gasteiger partial charge on any atom is -0.495 e. The van der Waals surface area contributed by atoms with Crippen LogP contribution >= 0.6 is 11.8 Å². The molecule has 0 aliphatic heterocycles. The number of rotatable bonds is 10. The molecule has 0 fully saturated rings. The number of nitriles is 1. The molecule has 0 radical (unpaired) electrons. The van der Waals surface area contributed by atoms with Crippen molar-refractivity contribution in [2.24, 2.45) is 5.73 Å². The third-order valence-electron chi connectivity index (χ3n) is 6.30. The number of amides is 2. The SMILES string of the molecule is COc1ccccc1NC(=O)c1c(C)nc(S[C@@H](C(N)=O)c2ccccc2)c(C#N)c1-c1ccc(OC)c(OC)c1. The fourth-order valence-corrected chi connectivity index (χ4v) is 5.47. The number of benzene rings is 3. The highest BCUT2D eigenvalue weighted by Gasteiger charge is 2.29. The summed E-state index contributed by atoms with van der Waals surface area (Å²) in [7, 11) is 4.52. The van der Waals surface area contributed by atoms with Crippen molar-refractivity contribution in [2.75, 3.05) is 26.6 Å². The Morgan fingerprint density at radius 1 is 0.927 bits per heavy atom. The number of thioether (sulfide) groups is 1. The van der Waals surface area contributed by atoms with Gasteiger partial charge in [-0.05, 0) is 42.3 Å². The molecule has 9 nitrogen and oxygen atoms in total. The fourth-order valence-electron chi connectivity index (χ4n) is 4.39. The third-order valence-corrected chi connectivity index (χ3v) is 7.56. The Bertz CT molecular complexity index is 1640. The number of hydrogen-bond donors (Lipinski definition) is 2. The van der Waals surface area contributed by atoms with E-state index in [2.05, 4.69) is 16.4 Å². The van der Waals surface area contributed by atoms with Gasteiger partial charge in [-0.1, -0.05) is 60.3 Å². The first kappa shape index (κ1) is 29.0. The zero-order valence-corrected chi connectivity index (χ0v) is 23.7. The number of pyridine rings is 1. The predicted molar refractivity (Wildman–Crippen MR) is 157 cm³/mol. The molecule has 0 saturated carbocycles. The number of aromatic nitrogens is 1. The van der Waals surface area contributed by atoms with Crippen LogP contribution in [0, 0.1) is 18.3 Å². The van der Waals surface area contributed by atoms with Crippen LogP contribution in [0.25, 0.3) is 11.1 Å². The number of nitrogens with zero attached hydrogens (tertiary/aromatic N) is 2. The first-order chi connectivity index (χ1) is 19.8. The molecular formula is C31H28N4O5S. The Hall–Kier alpha value is -5.01. The van der Waals surface area contributed by atoms with Crippen molar-refractivity contribution in [2.45, 2.75) is 17.2 Å². The molecule has 208 valence electrons. The maximum absolute atomic E-state index is 13.9. The lowest BCUT2D eigenvalue weighted by molar-refractivity contribution is -0.117. The Kier molecular flexibility index (Phi) is 9.12. The maximum Gasteiger partial charge on any atom is 0.258 e. The van der Waals surface area contributed by atoms with Gasteiger partial charge < -0.3 is 25.3 Å². The van der Waals surface area contributed by atoms with Crippen molar-refractivity contribution < 1.29 is 23.8 Å². The van der Waals surface area contributed by atoms with Crippen molar-refractivity contribution in [3.63, 3.8) is 0 Å². The van der Waals surface area contributed by atoms with Crippen LogP contribution in [-0.2, 0) is 4.79 Å². The number of nitrogens with one attached hydrogen (secondary N) is 1. The zero-order valence-electron chi connectivity index (χ0n) is 22.9. The molecular weight excluding hydrogens is 540 g/mol. The number of anilines is 1. The molecule has 1 heterocycles. The van der Waals surface area contributed by atoms with Gasteiger partial charge in [0.15, 0.2) is 11.5 Å². The number of ether oxygens (including phenoxy) is 3. The summed E-state index contributed by atoms with van der Waals surface area (Å²) in [6, 6.07) is 23.3. The molecule has 41 heavy (non-hydrogen) atoms. The van der Waals surface area contributed by atoms with Crippen molar-refractivity contribution in [3.8, 4) is 34.4 Å². The monoisotopic (exact) mass is 568 g/mol. The number of para-hydroxylation sites is 2. The van der Waals surface area contributed by atoms with Crippen LogP contribution < -0.4 is 25.3 Å². The lowest BCUT2D eigenvalue weighted by Gasteiger charge is -2.20. The molecule has 0 unspecified atom stereocenters. The Balaban J connectivity index is 1.94. The number of carbonyl (C=O) groups is 2. The van der Waals surface area contributed by atoms with Gasteiger partial charge in [-0.2, -0.15) is 5.26 Å². The van der Waals surface area contributed by atoms with Crippen LogP contribution in [0.4, 0.5) is 5.69 Å². The minimum atomic E-state index is -0.818. The van der Waals surface area contributed by atoms with Crippen LogP contribution in [0.1, 0.15) is 32.4 Å². The van der Waals surface area contributed by atoms with Crippen molar-refractivity contribution >= 4 is 29.3 Å². The summed E-state index contributed by atoms with van der Waals surface area (Å²) in [5, 5.41) is 12.8. The molecule has 0 spiro atoms. The molecule has 3 N–H and O–H groups in total. The van der Waals surface area contributed by atoms with Gasteiger partial charge in [0.2, 0.25) is 5.91 Å². The molecule has 0 aliphatic carbocycles. The van der Waals surface area contributed by atoms with Gasteiger partial charge in [0.25, 0.3) is 5.91 Å². The summed E-state index contributed by atoms with van der Waals surface area (Å²) in [5.41, 5.74) is 8.38. The highest BCUT2D eigenvalue weighted by Crippen LogP contribution is 2.42. The van der Waals surface area contributed by atoms with Gasteiger partial charge in [-0.25, -0.2) is 4.98 Å². The molecule has 0 saturated heterocycles. The highest BCUT2D eigenvalue weighted by molar-refractivity contribution is 8.00. The summed E-state index contributed by atoms with van der Waals surface area (Å²) in [4.78, 5) is 31.0. The number of carbonyl (C=O) groups excluding carboxylic acids is 2. The number of nitrogens with two attached hydrogens (primary N) is 1. The van der Waals surface area contributed by atoms with E-state index in [1.807, 2.05) is 6.07 Å². The molecule has 1 aromatic heterocycles. The highest BCUT2D eigenvalue weighted by atomic mass is 32.2. The molecule has 10 heteroatoms. The molecule has 1 atom stereocenters. The van der Waals surface area contributed by atoms with Crippen molar-refractivity contribution in [1.82, 2.24) is 4.98 Å². The van der Waals surface area contributed by atoms with E-state index in [1.54, 1.807) is 73.7 Å². The average Bonchev–Trinajstić information content (AvgIpc) is 2.99. The van der Waals surface area contributed by atoms with Gasteiger partial charge >= 0.3 is 0 Å². The van der Waals surface area contributed by atoms with E-state index in [-0.39, 0.29) is 16.2 Å². The van der Waals surface area contributed by atoms with E-state index in [4.69, 9.17) is 19.9 Å². The van der Waals surface area contributed by atoms with E-state index in [0.717, 1.165) is 11.8 Å². The lowest BCUT2D eigenvalue weighted by atomic mass is 9.94. The summed E-state index contributed by atoms with van der Waals surface area (Å²) in [6.45, 7) is 1.67. The molecule has 2 amide bonds. The number of methoxy groups -OCH3 is 3. The Morgan fingerprint density at radius 2 is 1.59 bits per heavy atom. The molecule has 3 aromatic carbocycles. The van der Waals surface area contributed by atoms with Crippen molar-refractivity contribution in [3.05, 3.63) is 95.2 Å². The zero-order chi connectivity index (χ0) is 29.5. The minimum absolute atomic E-state index is 0.111. The van der Waals surface area contributed by atoms with Crippen LogP contribution in [-0.4, -0.2) is 38.1 Å². The van der Waals surface area contributed by atoms with Crippen LogP contribution in [0.5, 0.6) is 17.2 Å². The Morgan fingerprint density at radius 3 is 2.22 bits per heavy atom. The molecule has 0 aliphatic rings. The number of aryl methyl sites for hydroxylation is 1. The van der Waals surface area contributed by atoms with E-state index in [1.165, 1.54) is 21.3 Å². The van der Waals surface area contributed by atoms with Gasteiger partial charge in [0, 0.05) is 5.56 Å². The number of hydrogen-bond acceptors (Lipinski definition) is 8. The Labute approximate surface area is 242 Å². The van der Waals surface area contributed by atoms with Crippen molar-refractivity contribution in [1.29, 1.82) is 5.26 Å². The standard InChI is InChI=1S/C31H28N4O5S/c1-18-26(30(37)35-22-12-8-9-13-23(22)38-2)27(20-14-15-24(39-3)25(16-20)40-4)21(17-32)31(34-18)41-28(29(33)36)19-10-6-5-7-11-19/h5-16,28H,1-4H3,(H2,33,36)(H,35,37)/t28-/m1/s1. The summed E-state index contributed by atoms with van der Waals surface area (Å²) in [5.74, 6) is 0.280. The summed E-state index contributed by atoms with van der Waals surface area (Å²) < 4.78 is 16.3. The van der Waals surface area contributed by atoms with E-state index in [9.17, 15) is 14.9 Å². The smallest absolute Gasteiger partial charge is 0.258 e. The van der Waals surface area contributed by atoms with Gasteiger partial charge in [-0.15, -0.1) is 0 Å². The third kappa shape index (κ3) is 6.10. The van der Waals surface area contributed by atoms with Crippen LogP contribution in [0.2, 0.25) is 0 Å². The quantitative estimate of drug-likeness (QED) is 0.239. The normalized spacial score (nSPS) is 11.2. The first-order valence-corrected chi connectivity index (χ1v) is 13.3.